The van der Waals surface area contributed by atoms with Crippen LogP contribution in [0.2, 0.25) is 0 Å². The molecule has 26 heavy (non-hydrogen) atoms. The van der Waals surface area contributed by atoms with Crippen molar-refractivity contribution in [2.45, 2.75) is 0 Å². The molecule has 0 atom stereocenters. The minimum absolute atomic E-state index is 1.20. The van der Waals surface area contributed by atoms with Crippen molar-refractivity contribution in [3.63, 3.8) is 0 Å². The van der Waals surface area contributed by atoms with E-state index in [0.717, 1.165) is 0 Å². The van der Waals surface area contributed by atoms with E-state index >= 15 is 0 Å². The average molecular weight is 330 g/mol. The molecule has 0 spiro atoms. The van der Waals surface area contributed by atoms with Crippen LogP contribution < -0.4 is 0 Å². The third kappa shape index (κ3) is 2.16. The molecular formula is C26H18. The third-order valence-corrected chi connectivity index (χ3v) is 5.25. The van der Waals surface area contributed by atoms with Crippen molar-refractivity contribution < 1.29 is 0 Å². The molecule has 5 aromatic carbocycles. The van der Waals surface area contributed by atoms with E-state index in [-0.39, 0.29) is 0 Å². The second-order valence-electron chi connectivity index (χ2n) is 6.64. The molecule has 5 rings (SSSR count). The van der Waals surface area contributed by atoms with Gasteiger partial charge >= 0.3 is 0 Å². The number of hydrogen-bond acceptors (Lipinski definition) is 0. The Hall–Kier alpha value is -3.38. The Labute approximate surface area is 153 Å². The van der Waals surface area contributed by atoms with Crippen molar-refractivity contribution in [1.82, 2.24) is 0 Å². The first kappa shape index (κ1) is 14.9. The first-order valence-corrected chi connectivity index (χ1v) is 8.92. The van der Waals surface area contributed by atoms with E-state index in [9.17, 15) is 0 Å². The second kappa shape index (κ2) is 5.86. The van der Waals surface area contributed by atoms with Crippen molar-refractivity contribution in [3.8, 4) is 11.1 Å². The predicted octanol–water partition coefficient (Wildman–Crippen LogP) is 7.46. The molecule has 0 aromatic heterocycles. The van der Waals surface area contributed by atoms with E-state index in [4.69, 9.17) is 0 Å². The van der Waals surface area contributed by atoms with Gasteiger partial charge in [0, 0.05) is 0 Å². The third-order valence-electron chi connectivity index (χ3n) is 5.25. The Morgan fingerprint density at radius 3 is 1.92 bits per heavy atom. The molecule has 0 saturated heterocycles. The molecule has 122 valence electrons. The van der Waals surface area contributed by atoms with E-state index in [0.29, 0.717) is 0 Å². The van der Waals surface area contributed by atoms with Crippen LogP contribution in [-0.4, -0.2) is 0 Å². The fourth-order valence-corrected chi connectivity index (χ4v) is 4.03. The van der Waals surface area contributed by atoms with Gasteiger partial charge in [0.1, 0.15) is 0 Å². The van der Waals surface area contributed by atoms with Gasteiger partial charge in [0.2, 0.25) is 0 Å². The smallest absolute Gasteiger partial charge is 0.00987 e. The van der Waals surface area contributed by atoms with Crippen LogP contribution in [0.1, 0.15) is 5.56 Å². The summed E-state index contributed by atoms with van der Waals surface area (Å²) >= 11 is 0. The maximum atomic E-state index is 4.10. The second-order valence-corrected chi connectivity index (χ2v) is 6.64. The summed E-state index contributed by atoms with van der Waals surface area (Å²) in [4.78, 5) is 0. The summed E-state index contributed by atoms with van der Waals surface area (Å²) in [5, 5.41) is 7.65. The van der Waals surface area contributed by atoms with Crippen molar-refractivity contribution in [1.29, 1.82) is 0 Å². The summed E-state index contributed by atoms with van der Waals surface area (Å²) in [7, 11) is 0. The van der Waals surface area contributed by atoms with Crippen molar-refractivity contribution in [3.05, 3.63) is 103 Å². The van der Waals surface area contributed by atoms with Crippen molar-refractivity contribution >= 4 is 38.4 Å². The van der Waals surface area contributed by atoms with Gasteiger partial charge < -0.3 is 0 Å². The van der Waals surface area contributed by atoms with Gasteiger partial charge in [0.15, 0.2) is 0 Å². The molecule has 0 radical (unpaired) electrons. The van der Waals surface area contributed by atoms with Gasteiger partial charge in [-0.25, -0.2) is 0 Å². The van der Waals surface area contributed by atoms with Crippen LogP contribution >= 0.6 is 0 Å². The molecule has 0 saturated carbocycles. The van der Waals surface area contributed by atoms with E-state index < -0.39 is 0 Å². The van der Waals surface area contributed by atoms with Crippen LogP contribution in [0.4, 0.5) is 0 Å². The molecule has 0 aliphatic carbocycles. The van der Waals surface area contributed by atoms with E-state index in [1.165, 1.54) is 49.0 Å². The van der Waals surface area contributed by atoms with Crippen LogP contribution in [0.3, 0.4) is 0 Å². The maximum Gasteiger partial charge on any atom is -0.00987 e. The molecule has 0 amide bonds. The first-order chi connectivity index (χ1) is 12.9. The molecule has 0 unspecified atom stereocenters. The largest absolute Gasteiger partial charge is 0.0984 e. The average Bonchev–Trinajstić information content (AvgIpc) is 2.72. The highest BCUT2D eigenvalue weighted by atomic mass is 14.1. The summed E-state index contributed by atoms with van der Waals surface area (Å²) in [5.74, 6) is 0. The predicted molar refractivity (Wildman–Crippen MR) is 114 cm³/mol. The zero-order valence-corrected chi connectivity index (χ0v) is 14.4. The molecular weight excluding hydrogens is 312 g/mol. The van der Waals surface area contributed by atoms with Gasteiger partial charge in [-0.05, 0) is 49.0 Å². The minimum Gasteiger partial charge on any atom is -0.0984 e. The Kier molecular flexibility index (Phi) is 3.36. The fourth-order valence-electron chi connectivity index (χ4n) is 4.03. The molecule has 0 fully saturated rings. The lowest BCUT2D eigenvalue weighted by Gasteiger charge is -2.14. The Bertz CT molecular complexity index is 1290. The lowest BCUT2D eigenvalue weighted by molar-refractivity contribution is 1.66. The molecule has 0 heteroatoms. The van der Waals surface area contributed by atoms with Crippen LogP contribution in [0.5, 0.6) is 0 Å². The number of rotatable bonds is 2. The van der Waals surface area contributed by atoms with Crippen LogP contribution in [0, 0.1) is 0 Å². The minimum atomic E-state index is 1.20. The van der Waals surface area contributed by atoms with Crippen LogP contribution in [0.15, 0.2) is 97.6 Å². The molecule has 0 aliphatic rings. The van der Waals surface area contributed by atoms with E-state index in [2.05, 4.69) is 97.6 Å². The lowest BCUT2D eigenvalue weighted by Crippen LogP contribution is -1.88. The highest BCUT2D eigenvalue weighted by Gasteiger charge is 2.11. The highest BCUT2D eigenvalue weighted by molar-refractivity contribution is 6.13. The lowest BCUT2D eigenvalue weighted by atomic mass is 9.90. The highest BCUT2D eigenvalue weighted by Crippen LogP contribution is 2.37. The molecule has 0 heterocycles. The Morgan fingerprint density at radius 2 is 1.12 bits per heavy atom. The van der Waals surface area contributed by atoms with E-state index in [1.807, 2.05) is 6.08 Å². The number of benzene rings is 5. The topological polar surface area (TPSA) is 0 Å². The van der Waals surface area contributed by atoms with Gasteiger partial charge in [0.05, 0.1) is 0 Å². The molecule has 5 aromatic rings. The fraction of sp³-hybridized carbons (Fsp3) is 0. The summed E-state index contributed by atoms with van der Waals surface area (Å²) < 4.78 is 0. The zero-order chi connectivity index (χ0) is 17.5. The normalized spacial score (nSPS) is 11.2. The molecule has 0 bridgehead atoms. The first-order valence-electron chi connectivity index (χ1n) is 8.92. The van der Waals surface area contributed by atoms with E-state index in [1.54, 1.807) is 0 Å². The van der Waals surface area contributed by atoms with Crippen molar-refractivity contribution in [2.24, 2.45) is 0 Å². The van der Waals surface area contributed by atoms with Gasteiger partial charge in [0.25, 0.3) is 0 Å². The van der Waals surface area contributed by atoms with Gasteiger partial charge in [-0.1, -0.05) is 104 Å². The standard InChI is InChI=1S/C26H18/c1-2-20-21-10-5-3-8-18(21)14-16-25(20)24-13-7-12-23-22-11-6-4-9-19(22)15-17-26(23)24/h2-17H,1H2. The maximum absolute atomic E-state index is 4.10. The van der Waals surface area contributed by atoms with Crippen LogP contribution in [0.25, 0.3) is 49.5 Å². The van der Waals surface area contributed by atoms with Gasteiger partial charge in [-0.3, -0.25) is 0 Å². The number of fused-ring (bicyclic) bond motifs is 4. The molecule has 0 nitrogen and oxygen atoms in total. The zero-order valence-electron chi connectivity index (χ0n) is 14.4. The monoisotopic (exact) mass is 330 g/mol. The summed E-state index contributed by atoms with van der Waals surface area (Å²) in [6.07, 6.45) is 1.98. The Morgan fingerprint density at radius 1 is 0.462 bits per heavy atom. The van der Waals surface area contributed by atoms with Gasteiger partial charge in [-0.2, -0.15) is 0 Å². The quantitative estimate of drug-likeness (QED) is 0.295. The summed E-state index contributed by atoms with van der Waals surface area (Å²) in [6, 6.07) is 32.6. The number of hydrogen-bond donors (Lipinski definition) is 0. The molecule has 0 aliphatic heterocycles. The van der Waals surface area contributed by atoms with Crippen molar-refractivity contribution in [2.75, 3.05) is 0 Å². The van der Waals surface area contributed by atoms with Gasteiger partial charge in [-0.15, -0.1) is 0 Å². The Balaban J connectivity index is 1.89. The summed E-state index contributed by atoms with van der Waals surface area (Å²) in [5.41, 5.74) is 3.69. The SMILES string of the molecule is C=Cc1c(-c2cccc3c2ccc2ccccc23)ccc2ccccc12. The van der Waals surface area contributed by atoms with Crippen LogP contribution in [-0.2, 0) is 0 Å². The summed E-state index contributed by atoms with van der Waals surface area (Å²) in [6.45, 7) is 4.10. The molecule has 0 N–H and O–H groups in total.